The minimum absolute atomic E-state index is 0.0178. The fourth-order valence-electron chi connectivity index (χ4n) is 2.20. The Labute approximate surface area is 118 Å². The van der Waals surface area contributed by atoms with Gasteiger partial charge in [0.15, 0.2) is 0 Å². The van der Waals surface area contributed by atoms with Gasteiger partial charge in [-0.25, -0.2) is 8.78 Å². The van der Waals surface area contributed by atoms with Gasteiger partial charge in [-0.05, 0) is 46.2 Å². The van der Waals surface area contributed by atoms with E-state index in [4.69, 9.17) is 9.31 Å². The highest BCUT2D eigenvalue weighted by atomic mass is 19.3. The number of alkyl halides is 2. The predicted molar refractivity (Wildman–Crippen MR) is 73.5 cm³/mol. The maximum atomic E-state index is 13.2. The van der Waals surface area contributed by atoms with Gasteiger partial charge in [-0.3, -0.25) is 0 Å². The number of benzene rings is 1. The van der Waals surface area contributed by atoms with Gasteiger partial charge in [-0.15, -0.1) is 0 Å². The zero-order chi connectivity index (χ0) is 15.3. The average Bonchev–Trinajstić information content (AvgIpc) is 2.46. The van der Waals surface area contributed by atoms with Crippen molar-refractivity contribution in [2.45, 2.75) is 52.2 Å². The van der Waals surface area contributed by atoms with Crippen LogP contribution in [0.2, 0.25) is 0 Å². The normalized spacial score (nSPS) is 20.7. The van der Waals surface area contributed by atoms with Crippen molar-refractivity contribution >= 4 is 12.6 Å². The van der Waals surface area contributed by atoms with Gasteiger partial charge in [-0.2, -0.15) is 0 Å². The average molecular weight is 284 g/mol. The van der Waals surface area contributed by atoms with Gasteiger partial charge in [0, 0.05) is 11.0 Å². The number of phenols is 1. The highest BCUT2D eigenvalue weighted by molar-refractivity contribution is 6.63. The minimum atomic E-state index is -2.70. The molecule has 1 heterocycles. The van der Waals surface area contributed by atoms with Crippen LogP contribution in [0, 0.1) is 6.92 Å². The third-order valence-electron chi connectivity index (χ3n) is 4.06. The van der Waals surface area contributed by atoms with Crippen LogP contribution in [0.25, 0.3) is 0 Å². The minimum Gasteiger partial charge on any atom is -0.508 e. The van der Waals surface area contributed by atoms with E-state index in [0.717, 1.165) is 0 Å². The Morgan fingerprint density at radius 2 is 1.60 bits per heavy atom. The summed E-state index contributed by atoms with van der Waals surface area (Å²) < 4.78 is 37.9. The standard InChI is InChI=1S/C14H19BF2O3/c1-8-6-9(12(16)17)11(10(18)7-8)15-19-13(2,3)14(4,5)20-15/h6-7,12,18H,1-5H3. The molecule has 0 radical (unpaired) electrons. The summed E-state index contributed by atoms with van der Waals surface area (Å²) in [5.74, 6) is -0.223. The highest BCUT2D eigenvalue weighted by Gasteiger charge is 2.53. The molecule has 0 atom stereocenters. The van der Waals surface area contributed by atoms with E-state index in [9.17, 15) is 13.9 Å². The lowest BCUT2D eigenvalue weighted by atomic mass is 9.74. The van der Waals surface area contributed by atoms with E-state index in [1.165, 1.54) is 12.1 Å². The van der Waals surface area contributed by atoms with Crippen molar-refractivity contribution in [3.05, 3.63) is 23.3 Å². The van der Waals surface area contributed by atoms with Crippen LogP contribution in [0.4, 0.5) is 8.78 Å². The summed E-state index contributed by atoms with van der Waals surface area (Å²) in [4.78, 5) is 0. The van der Waals surface area contributed by atoms with E-state index in [-0.39, 0.29) is 16.8 Å². The van der Waals surface area contributed by atoms with Crippen LogP contribution in [-0.2, 0) is 9.31 Å². The van der Waals surface area contributed by atoms with Crippen molar-refractivity contribution in [3.63, 3.8) is 0 Å². The SMILES string of the molecule is Cc1cc(O)c(B2OC(C)(C)C(C)(C)O2)c(C(F)F)c1. The Balaban J connectivity index is 2.50. The fourth-order valence-corrected chi connectivity index (χ4v) is 2.20. The van der Waals surface area contributed by atoms with Crippen LogP contribution < -0.4 is 5.46 Å². The molecule has 6 heteroatoms. The van der Waals surface area contributed by atoms with Crippen LogP contribution in [-0.4, -0.2) is 23.4 Å². The number of aryl methyl sites for hydroxylation is 1. The lowest BCUT2D eigenvalue weighted by Gasteiger charge is -2.32. The van der Waals surface area contributed by atoms with Crippen molar-refractivity contribution in [3.8, 4) is 5.75 Å². The van der Waals surface area contributed by atoms with Gasteiger partial charge in [0.25, 0.3) is 6.43 Å². The van der Waals surface area contributed by atoms with Crippen LogP contribution in [0.5, 0.6) is 5.75 Å². The second kappa shape index (κ2) is 4.70. The summed E-state index contributed by atoms with van der Waals surface area (Å²) in [6.45, 7) is 8.99. The first-order chi connectivity index (χ1) is 9.05. The molecular weight excluding hydrogens is 265 g/mol. The molecule has 0 spiro atoms. The third-order valence-corrected chi connectivity index (χ3v) is 4.06. The second-order valence-corrected chi connectivity index (χ2v) is 6.18. The zero-order valence-electron chi connectivity index (χ0n) is 12.3. The predicted octanol–water partition coefficient (Wildman–Crippen LogP) is 2.94. The molecule has 2 rings (SSSR count). The molecule has 0 aliphatic carbocycles. The maximum absolute atomic E-state index is 13.2. The molecule has 1 saturated heterocycles. The molecule has 1 fully saturated rings. The lowest BCUT2D eigenvalue weighted by Crippen LogP contribution is -2.41. The monoisotopic (exact) mass is 284 g/mol. The number of phenolic OH excluding ortho intramolecular Hbond substituents is 1. The molecule has 20 heavy (non-hydrogen) atoms. The Bertz CT molecular complexity index is 513. The van der Waals surface area contributed by atoms with Crippen molar-refractivity contribution < 1.29 is 23.2 Å². The van der Waals surface area contributed by atoms with Crippen molar-refractivity contribution in [2.75, 3.05) is 0 Å². The summed E-state index contributed by atoms with van der Waals surface area (Å²) in [5.41, 5.74) is -0.953. The molecule has 110 valence electrons. The van der Waals surface area contributed by atoms with Gasteiger partial charge >= 0.3 is 7.12 Å². The van der Waals surface area contributed by atoms with E-state index in [1.54, 1.807) is 6.92 Å². The molecule has 3 nitrogen and oxygen atoms in total. The molecule has 1 aliphatic rings. The molecule has 0 bridgehead atoms. The molecule has 0 unspecified atom stereocenters. The Morgan fingerprint density at radius 1 is 1.10 bits per heavy atom. The first kappa shape index (κ1) is 15.3. The summed E-state index contributed by atoms with van der Waals surface area (Å²) in [5, 5.41) is 10.0. The number of hydrogen-bond donors (Lipinski definition) is 1. The first-order valence-electron chi connectivity index (χ1n) is 6.52. The number of hydrogen-bond acceptors (Lipinski definition) is 3. The smallest absolute Gasteiger partial charge is 0.499 e. The largest absolute Gasteiger partial charge is 0.508 e. The molecule has 1 aromatic rings. The van der Waals surface area contributed by atoms with E-state index in [0.29, 0.717) is 5.56 Å². The summed E-state index contributed by atoms with van der Waals surface area (Å²) in [6.07, 6.45) is -2.70. The summed E-state index contributed by atoms with van der Waals surface area (Å²) in [6, 6.07) is 2.79. The lowest BCUT2D eigenvalue weighted by molar-refractivity contribution is 0.00578. The first-order valence-corrected chi connectivity index (χ1v) is 6.52. The zero-order valence-corrected chi connectivity index (χ0v) is 12.3. The van der Waals surface area contributed by atoms with Gasteiger partial charge in [0.05, 0.1) is 11.2 Å². The second-order valence-electron chi connectivity index (χ2n) is 6.18. The Kier molecular flexibility index (Phi) is 3.59. The molecular formula is C14H19BF2O3. The molecule has 0 saturated carbocycles. The number of aromatic hydroxyl groups is 1. The molecule has 1 N–H and O–H groups in total. The maximum Gasteiger partial charge on any atom is 0.499 e. The van der Waals surface area contributed by atoms with Crippen LogP contribution in [0.3, 0.4) is 0 Å². The third kappa shape index (κ3) is 2.42. The van der Waals surface area contributed by atoms with Crippen molar-refractivity contribution in [1.29, 1.82) is 0 Å². The molecule has 0 aromatic heterocycles. The van der Waals surface area contributed by atoms with Crippen molar-refractivity contribution in [2.24, 2.45) is 0 Å². The van der Waals surface area contributed by atoms with E-state index in [2.05, 4.69) is 0 Å². The van der Waals surface area contributed by atoms with Crippen LogP contribution in [0.15, 0.2) is 12.1 Å². The van der Waals surface area contributed by atoms with Crippen LogP contribution >= 0.6 is 0 Å². The number of halogens is 2. The van der Waals surface area contributed by atoms with E-state index in [1.807, 2.05) is 27.7 Å². The van der Waals surface area contributed by atoms with E-state index < -0.39 is 24.7 Å². The van der Waals surface area contributed by atoms with Gasteiger partial charge in [0.2, 0.25) is 0 Å². The number of rotatable bonds is 2. The summed E-state index contributed by atoms with van der Waals surface area (Å²) in [7, 11) is -0.996. The quantitative estimate of drug-likeness (QED) is 0.849. The van der Waals surface area contributed by atoms with Gasteiger partial charge in [0.1, 0.15) is 5.75 Å². The molecule has 0 amide bonds. The van der Waals surface area contributed by atoms with Gasteiger partial charge < -0.3 is 14.4 Å². The van der Waals surface area contributed by atoms with Crippen molar-refractivity contribution in [1.82, 2.24) is 0 Å². The Morgan fingerprint density at radius 3 is 2.05 bits per heavy atom. The Hall–Kier alpha value is -1.14. The topological polar surface area (TPSA) is 38.7 Å². The fraction of sp³-hybridized carbons (Fsp3) is 0.571. The molecule has 1 aliphatic heterocycles. The highest BCUT2D eigenvalue weighted by Crippen LogP contribution is 2.38. The summed E-state index contributed by atoms with van der Waals surface area (Å²) >= 11 is 0. The molecule has 1 aromatic carbocycles. The van der Waals surface area contributed by atoms with E-state index >= 15 is 0 Å². The van der Waals surface area contributed by atoms with Gasteiger partial charge in [-0.1, -0.05) is 6.07 Å². The van der Waals surface area contributed by atoms with Crippen LogP contribution in [0.1, 0.15) is 45.2 Å².